The number of hydrogen-bond donors (Lipinski definition) is 6. The Labute approximate surface area is 471 Å². The number of aromatic amines is 6. The van der Waals surface area contributed by atoms with Gasteiger partial charge in [-0.05, 0) is 21.5 Å². The number of aliphatic imine (C=N–C) groups is 4. The van der Waals surface area contributed by atoms with Gasteiger partial charge in [0.05, 0.1) is 23.3 Å². The van der Waals surface area contributed by atoms with E-state index in [1.807, 2.05) is 146 Å². The first-order valence-corrected chi connectivity index (χ1v) is 26.8. The minimum Gasteiger partial charge on any atom is -0.398 e. The maximum Gasteiger partial charge on any atom is 0.164 e. The molecule has 14 aromatic rings. The van der Waals surface area contributed by atoms with E-state index in [4.69, 9.17) is 54.2 Å². The SMILES string of the molecule is [O]=[V+2].c1ccc2c(c1)C1=NC2=Nc2[nH]c(c3ccccc23)[N-]c2[nH]c(c3ccccc23)/N=c2\[nH]c(c3ccccc23)=N1.c1ccc2c(c1)C1=NC2=Nc2[nH]c(c3ccccc23)[N-]c2[nH]c(c3ccccc23)/N=c2\[nH]c(c3ccccc23)=N1. The van der Waals surface area contributed by atoms with Crippen LogP contribution in [0, 0.1) is 0 Å². The number of nitrogens with zero attached hydrogens (tertiary/aromatic N) is 10. The summed E-state index contributed by atoms with van der Waals surface area (Å²) in [5.74, 6) is 8.14. The second-order valence-electron chi connectivity index (χ2n) is 19.7. The predicted molar refractivity (Wildman–Crippen MR) is 318 cm³/mol. The predicted octanol–water partition coefficient (Wildman–Crippen LogP) is 13.7. The van der Waals surface area contributed by atoms with Crippen LogP contribution in [0.25, 0.3) is 75.3 Å². The van der Waals surface area contributed by atoms with Gasteiger partial charge in [0, 0.05) is 88.6 Å². The number of benzene rings is 8. The molecule has 18 heteroatoms. The summed E-state index contributed by atoms with van der Waals surface area (Å²) in [5, 5.41) is 21.8. The Balaban J connectivity index is 0.000000131. The molecule has 10 heterocycles. The molecular formula is C64H38N16OV. The zero-order valence-corrected chi connectivity index (χ0v) is 44.2. The topological polar surface area (TPSA) is 239 Å². The Hall–Kier alpha value is -11.1. The van der Waals surface area contributed by atoms with Crippen molar-refractivity contribution in [3.05, 3.63) is 249 Å². The van der Waals surface area contributed by atoms with Crippen LogP contribution in [0.5, 0.6) is 0 Å². The molecule has 6 aromatic heterocycles. The summed E-state index contributed by atoms with van der Waals surface area (Å²) in [5.41, 5.74) is 6.56. The number of aromatic nitrogens is 6. The van der Waals surface area contributed by atoms with Crippen molar-refractivity contribution < 1.29 is 21.0 Å². The van der Waals surface area contributed by atoms with Crippen molar-refractivity contribution in [1.82, 2.24) is 29.9 Å². The first-order chi connectivity index (χ1) is 40.6. The molecule has 18 rings (SSSR count). The van der Waals surface area contributed by atoms with Gasteiger partial charge >= 0.3 is 21.0 Å². The Bertz CT molecular complexity index is 5100. The van der Waals surface area contributed by atoms with E-state index >= 15 is 0 Å². The van der Waals surface area contributed by atoms with Crippen LogP contribution >= 0.6 is 0 Å². The molecule has 0 radical (unpaired) electrons. The molecule has 0 spiro atoms. The molecule has 4 aliphatic rings. The molecule has 17 nitrogen and oxygen atoms in total. The van der Waals surface area contributed by atoms with E-state index in [2.05, 4.69) is 78.4 Å². The van der Waals surface area contributed by atoms with Gasteiger partial charge in [0.2, 0.25) is 0 Å². The first kappa shape index (κ1) is 46.9. The molecule has 0 amide bonds. The molecule has 0 fully saturated rings. The van der Waals surface area contributed by atoms with Crippen LogP contribution in [0.15, 0.2) is 234 Å². The fourth-order valence-corrected chi connectivity index (χ4v) is 11.3. The Morgan fingerprint density at radius 3 is 0.744 bits per heavy atom. The molecule has 0 unspecified atom stereocenters. The van der Waals surface area contributed by atoms with Crippen LogP contribution in [0.2, 0.25) is 0 Å². The van der Waals surface area contributed by atoms with Crippen LogP contribution in [-0.2, 0) is 21.0 Å². The van der Waals surface area contributed by atoms with Crippen LogP contribution in [0.4, 0.5) is 46.5 Å². The largest absolute Gasteiger partial charge is 0.398 e. The summed E-state index contributed by atoms with van der Waals surface area (Å²) in [7, 11) is 0. The quantitative estimate of drug-likeness (QED) is 0.0854. The number of H-pyrrole nitrogens is 6. The molecule has 0 saturated carbocycles. The van der Waals surface area contributed by atoms with E-state index in [9.17, 15) is 0 Å². The third-order valence-corrected chi connectivity index (χ3v) is 15.1. The van der Waals surface area contributed by atoms with E-state index in [-0.39, 0.29) is 0 Å². The molecular weight excluding hydrogens is 1060 g/mol. The molecule has 0 saturated heterocycles. The molecule has 4 aliphatic heterocycles. The van der Waals surface area contributed by atoms with Crippen LogP contribution in [-0.4, -0.2) is 53.2 Å². The van der Waals surface area contributed by atoms with Gasteiger partial charge in [-0.1, -0.05) is 194 Å². The Kier molecular flexibility index (Phi) is 10.7. The monoisotopic (exact) mass is 1100 g/mol. The Morgan fingerprint density at radius 1 is 0.232 bits per heavy atom. The first-order valence-electron chi connectivity index (χ1n) is 26.3. The summed E-state index contributed by atoms with van der Waals surface area (Å²) in [6, 6.07) is 64.9. The van der Waals surface area contributed by atoms with Gasteiger partial charge < -0.3 is 40.5 Å². The van der Waals surface area contributed by atoms with Crippen molar-refractivity contribution in [2.75, 3.05) is 0 Å². The van der Waals surface area contributed by atoms with E-state index in [0.29, 0.717) is 68.6 Å². The molecule has 385 valence electrons. The van der Waals surface area contributed by atoms with Gasteiger partial charge in [-0.2, -0.15) is 0 Å². The second kappa shape index (κ2) is 18.8. The van der Waals surface area contributed by atoms with Crippen molar-refractivity contribution in [2.24, 2.45) is 39.9 Å². The van der Waals surface area contributed by atoms with Crippen molar-refractivity contribution in [3.63, 3.8) is 0 Å². The number of hydrogen-bond acceptors (Lipinski definition) is 9. The van der Waals surface area contributed by atoms with Gasteiger partial charge in [-0.15, -0.1) is 0 Å². The van der Waals surface area contributed by atoms with E-state index in [1.54, 1.807) is 0 Å². The average Bonchev–Trinajstić information content (AvgIpc) is 4.51. The number of fused-ring (bicyclic) bond motifs is 38. The van der Waals surface area contributed by atoms with Crippen molar-refractivity contribution in [1.29, 1.82) is 0 Å². The standard InChI is InChI=1S/2C32H19N8.O.V/c2*1-2-10-18-17(9-1)25-33-26(18)38-28-21-13-5-6-14-22(21)30(35-28)40-32-24-16-8-7-15-23(24)31(36-32)39-29-20-12-4-3-11-19(20)27(34-29)37-25;;/h2*1-16,33-34H,(H,35,36,38,39,40);;/q2*-1;;+2. The summed E-state index contributed by atoms with van der Waals surface area (Å²) in [4.78, 5) is 60.9. The molecule has 0 aliphatic carbocycles. The summed E-state index contributed by atoms with van der Waals surface area (Å²) >= 11 is 1.06. The minimum absolute atomic E-state index is 0.605. The third kappa shape index (κ3) is 7.56. The van der Waals surface area contributed by atoms with Gasteiger partial charge in [-0.25, -0.2) is 39.9 Å². The van der Waals surface area contributed by atoms with E-state index in [0.717, 1.165) is 128 Å². The zero-order chi connectivity index (χ0) is 54.4. The number of nitrogens with one attached hydrogen (secondary N) is 6. The van der Waals surface area contributed by atoms with Crippen molar-refractivity contribution in [3.8, 4) is 0 Å². The average molecular weight is 1100 g/mol. The van der Waals surface area contributed by atoms with Crippen molar-refractivity contribution in [2.45, 2.75) is 0 Å². The van der Waals surface area contributed by atoms with Gasteiger partial charge in [0.25, 0.3) is 0 Å². The fraction of sp³-hybridized carbons (Fsp3) is 0. The number of rotatable bonds is 0. The maximum atomic E-state index is 8.19. The van der Waals surface area contributed by atoms with Crippen LogP contribution in [0.1, 0.15) is 22.3 Å². The maximum absolute atomic E-state index is 8.19. The van der Waals surface area contributed by atoms with Crippen LogP contribution < -0.4 is 22.0 Å². The molecule has 0 atom stereocenters. The summed E-state index contributed by atoms with van der Waals surface area (Å²) in [6.07, 6.45) is 0. The molecule has 16 bridgehead atoms. The molecule has 6 N–H and O–H groups in total. The van der Waals surface area contributed by atoms with Gasteiger partial charge in [0.1, 0.15) is 22.0 Å². The fourth-order valence-electron chi connectivity index (χ4n) is 11.3. The van der Waals surface area contributed by atoms with Crippen LogP contribution in [0.3, 0.4) is 0 Å². The Morgan fingerprint density at radius 2 is 0.451 bits per heavy atom. The third-order valence-electron chi connectivity index (χ3n) is 15.1. The number of amidine groups is 4. The second-order valence-corrected chi connectivity index (χ2v) is 19.7. The summed E-state index contributed by atoms with van der Waals surface area (Å²) < 4.78 is 8.19. The van der Waals surface area contributed by atoms with E-state index in [1.165, 1.54) is 0 Å². The molecule has 8 aromatic carbocycles. The minimum atomic E-state index is 0.605. The zero-order valence-electron chi connectivity index (χ0n) is 42.8. The van der Waals surface area contributed by atoms with Gasteiger partial charge in [0.15, 0.2) is 23.3 Å². The smallest absolute Gasteiger partial charge is 0.164 e. The molecule has 82 heavy (non-hydrogen) atoms. The van der Waals surface area contributed by atoms with Gasteiger partial charge in [-0.3, -0.25) is 0 Å². The normalized spacial score (nSPS) is 14.5. The van der Waals surface area contributed by atoms with Crippen molar-refractivity contribution >= 4 is 135 Å². The van der Waals surface area contributed by atoms with E-state index < -0.39 is 0 Å². The summed E-state index contributed by atoms with van der Waals surface area (Å²) in [6.45, 7) is 0.